The third-order valence-electron chi connectivity index (χ3n) is 5.58. The van der Waals surface area contributed by atoms with Gasteiger partial charge in [0.15, 0.2) is 6.61 Å². The van der Waals surface area contributed by atoms with E-state index in [2.05, 4.69) is 5.32 Å². The summed E-state index contributed by atoms with van der Waals surface area (Å²) in [5.74, 6) is 0.643. The Kier molecular flexibility index (Phi) is 7.60. The molecule has 1 aromatic heterocycles. The van der Waals surface area contributed by atoms with Crippen molar-refractivity contribution < 1.29 is 13.9 Å². The Morgan fingerprint density at radius 3 is 2.53 bits per heavy atom. The SMILES string of the molecule is Cc1ccccc1OCC(=O)N(CCCNc1cc(=O)oc2ccccc12)Cc1ccccc1. The number of hydrogen-bond acceptors (Lipinski definition) is 5. The van der Waals surface area contributed by atoms with Gasteiger partial charge in [-0.05, 0) is 42.7 Å². The van der Waals surface area contributed by atoms with Crippen LogP contribution >= 0.6 is 0 Å². The third kappa shape index (κ3) is 6.04. The minimum absolute atomic E-state index is 0.0184. The molecule has 1 heterocycles. The van der Waals surface area contributed by atoms with Crippen LogP contribution in [0.2, 0.25) is 0 Å². The topological polar surface area (TPSA) is 71.8 Å². The van der Waals surface area contributed by atoms with Crippen LogP contribution in [0.15, 0.2) is 94.1 Å². The minimum atomic E-state index is -0.393. The van der Waals surface area contributed by atoms with Gasteiger partial charge in [0.25, 0.3) is 5.91 Å². The zero-order valence-electron chi connectivity index (χ0n) is 19.2. The second kappa shape index (κ2) is 11.2. The number of amides is 1. The summed E-state index contributed by atoms with van der Waals surface area (Å²) in [5.41, 5.74) is 2.94. The highest BCUT2D eigenvalue weighted by Gasteiger charge is 2.15. The summed E-state index contributed by atoms with van der Waals surface area (Å²) in [6.07, 6.45) is 0.706. The molecule has 0 fully saturated rings. The Morgan fingerprint density at radius 1 is 0.971 bits per heavy atom. The van der Waals surface area contributed by atoms with E-state index in [1.165, 1.54) is 6.07 Å². The number of carbonyl (C=O) groups is 1. The van der Waals surface area contributed by atoms with Crippen molar-refractivity contribution in [3.05, 3.63) is 106 Å². The van der Waals surface area contributed by atoms with E-state index in [1.54, 1.807) is 6.07 Å². The van der Waals surface area contributed by atoms with Crippen molar-refractivity contribution in [1.29, 1.82) is 0 Å². The number of fused-ring (bicyclic) bond motifs is 1. The highest BCUT2D eigenvalue weighted by atomic mass is 16.5. The van der Waals surface area contributed by atoms with Crippen molar-refractivity contribution in [3.8, 4) is 5.75 Å². The smallest absolute Gasteiger partial charge is 0.338 e. The Hall–Kier alpha value is -4.06. The van der Waals surface area contributed by atoms with Crippen LogP contribution in [0.1, 0.15) is 17.5 Å². The van der Waals surface area contributed by atoms with Crippen molar-refractivity contribution in [3.63, 3.8) is 0 Å². The van der Waals surface area contributed by atoms with E-state index < -0.39 is 5.63 Å². The summed E-state index contributed by atoms with van der Waals surface area (Å²) in [7, 11) is 0. The normalized spacial score (nSPS) is 10.7. The molecule has 1 amide bonds. The second-order valence-corrected chi connectivity index (χ2v) is 8.11. The van der Waals surface area contributed by atoms with E-state index >= 15 is 0 Å². The molecule has 4 rings (SSSR count). The fourth-order valence-corrected chi connectivity index (χ4v) is 3.80. The van der Waals surface area contributed by atoms with Crippen LogP contribution in [0.3, 0.4) is 0 Å². The largest absolute Gasteiger partial charge is 0.484 e. The summed E-state index contributed by atoms with van der Waals surface area (Å²) in [5, 5.41) is 4.18. The lowest BCUT2D eigenvalue weighted by atomic mass is 10.2. The van der Waals surface area contributed by atoms with Gasteiger partial charge in [-0.1, -0.05) is 60.7 Å². The number of carbonyl (C=O) groups excluding carboxylic acids is 1. The molecule has 0 aliphatic carbocycles. The minimum Gasteiger partial charge on any atom is -0.484 e. The van der Waals surface area contributed by atoms with Crippen LogP contribution in [0, 0.1) is 6.92 Å². The van der Waals surface area contributed by atoms with Gasteiger partial charge in [-0.3, -0.25) is 4.79 Å². The Morgan fingerprint density at radius 2 is 1.71 bits per heavy atom. The Bertz CT molecular complexity index is 1300. The zero-order valence-corrected chi connectivity index (χ0v) is 19.2. The maximum atomic E-state index is 13.0. The van der Waals surface area contributed by atoms with Crippen LogP contribution in [0.4, 0.5) is 5.69 Å². The molecule has 0 radical (unpaired) electrons. The van der Waals surface area contributed by atoms with Crippen molar-refractivity contribution in [2.75, 3.05) is 25.0 Å². The van der Waals surface area contributed by atoms with Gasteiger partial charge in [0.1, 0.15) is 11.3 Å². The lowest BCUT2D eigenvalue weighted by Gasteiger charge is -2.23. The van der Waals surface area contributed by atoms with E-state index in [4.69, 9.17) is 9.15 Å². The van der Waals surface area contributed by atoms with Gasteiger partial charge in [0.05, 0.1) is 5.69 Å². The Labute approximate surface area is 198 Å². The Balaban J connectivity index is 1.39. The molecule has 6 nitrogen and oxygen atoms in total. The first-order chi connectivity index (χ1) is 16.6. The lowest BCUT2D eigenvalue weighted by molar-refractivity contribution is -0.134. The highest BCUT2D eigenvalue weighted by Crippen LogP contribution is 2.21. The standard InChI is InChI=1S/C28H28N2O4/c1-21-10-5-7-14-25(21)33-20-27(31)30(19-22-11-3-2-4-12-22)17-9-16-29-24-18-28(32)34-26-15-8-6-13-23(24)26/h2-8,10-15,18,29H,9,16-17,19-20H2,1H3. The van der Waals surface area contributed by atoms with E-state index in [0.717, 1.165) is 22.2 Å². The predicted octanol–water partition coefficient (Wildman–Crippen LogP) is 5.01. The first-order valence-electron chi connectivity index (χ1n) is 11.4. The molecule has 34 heavy (non-hydrogen) atoms. The van der Waals surface area contributed by atoms with Crippen LogP contribution in [0.5, 0.6) is 5.75 Å². The molecule has 0 saturated heterocycles. The predicted molar refractivity (Wildman–Crippen MR) is 134 cm³/mol. The highest BCUT2D eigenvalue weighted by molar-refractivity contribution is 5.89. The van der Waals surface area contributed by atoms with Gasteiger partial charge in [0.2, 0.25) is 0 Å². The van der Waals surface area contributed by atoms with Crippen molar-refractivity contribution in [2.45, 2.75) is 19.9 Å². The summed E-state index contributed by atoms with van der Waals surface area (Å²) in [6, 6.07) is 26.5. The number of anilines is 1. The molecule has 0 atom stereocenters. The van der Waals surface area contributed by atoms with Gasteiger partial charge in [-0.15, -0.1) is 0 Å². The molecule has 0 unspecified atom stereocenters. The van der Waals surface area contributed by atoms with Crippen molar-refractivity contribution >= 4 is 22.6 Å². The molecule has 174 valence electrons. The number of aryl methyl sites for hydroxylation is 1. The molecule has 0 saturated carbocycles. The van der Waals surface area contributed by atoms with E-state index in [-0.39, 0.29) is 12.5 Å². The number of nitrogens with zero attached hydrogens (tertiary/aromatic N) is 1. The summed E-state index contributed by atoms with van der Waals surface area (Å²) in [4.78, 5) is 26.7. The average Bonchev–Trinajstić information content (AvgIpc) is 2.85. The molecule has 4 aromatic rings. The molecule has 0 spiro atoms. The average molecular weight is 457 g/mol. The molecule has 0 aliphatic rings. The summed E-state index contributed by atoms with van der Waals surface area (Å²) in [6.45, 7) is 3.60. The number of para-hydroxylation sites is 2. The fraction of sp³-hybridized carbons (Fsp3) is 0.214. The van der Waals surface area contributed by atoms with Gasteiger partial charge in [-0.2, -0.15) is 0 Å². The van der Waals surface area contributed by atoms with Gasteiger partial charge < -0.3 is 19.4 Å². The van der Waals surface area contributed by atoms with Gasteiger partial charge >= 0.3 is 5.63 Å². The number of ether oxygens (including phenoxy) is 1. The number of benzene rings is 3. The quantitative estimate of drug-likeness (QED) is 0.268. The number of nitrogens with one attached hydrogen (secondary N) is 1. The number of hydrogen-bond donors (Lipinski definition) is 1. The van der Waals surface area contributed by atoms with Crippen LogP contribution < -0.4 is 15.7 Å². The molecule has 6 heteroatoms. The summed E-state index contributed by atoms with van der Waals surface area (Å²) < 4.78 is 11.1. The number of rotatable bonds is 10. The van der Waals surface area contributed by atoms with Crippen LogP contribution in [-0.4, -0.2) is 30.5 Å². The van der Waals surface area contributed by atoms with Gasteiger partial charge in [0, 0.05) is 31.1 Å². The maximum Gasteiger partial charge on any atom is 0.338 e. The van der Waals surface area contributed by atoms with E-state index in [1.807, 2.05) is 84.6 Å². The monoisotopic (exact) mass is 456 g/mol. The van der Waals surface area contributed by atoms with Gasteiger partial charge in [-0.25, -0.2) is 4.79 Å². The zero-order chi connectivity index (χ0) is 23.8. The molecular weight excluding hydrogens is 428 g/mol. The van der Waals surface area contributed by atoms with E-state index in [0.29, 0.717) is 37.4 Å². The first-order valence-corrected chi connectivity index (χ1v) is 11.4. The van der Waals surface area contributed by atoms with Crippen LogP contribution in [-0.2, 0) is 11.3 Å². The third-order valence-corrected chi connectivity index (χ3v) is 5.58. The summed E-state index contributed by atoms with van der Waals surface area (Å²) >= 11 is 0. The second-order valence-electron chi connectivity index (χ2n) is 8.11. The molecule has 3 aromatic carbocycles. The van der Waals surface area contributed by atoms with E-state index in [9.17, 15) is 9.59 Å². The fourth-order valence-electron chi connectivity index (χ4n) is 3.80. The van der Waals surface area contributed by atoms with Crippen LogP contribution in [0.25, 0.3) is 11.0 Å². The molecule has 0 bridgehead atoms. The lowest BCUT2D eigenvalue weighted by Crippen LogP contribution is -2.36. The maximum absolute atomic E-state index is 13.0. The molecular formula is C28H28N2O4. The van der Waals surface area contributed by atoms with Crippen molar-refractivity contribution in [2.24, 2.45) is 0 Å². The first kappa shape index (κ1) is 23.1. The molecule has 0 aliphatic heterocycles. The van der Waals surface area contributed by atoms with Crippen molar-refractivity contribution in [1.82, 2.24) is 4.90 Å². The molecule has 1 N–H and O–H groups in total.